The molecule has 2 heteroatoms. The number of hydrogen-bond donors (Lipinski definition) is 0. The van der Waals surface area contributed by atoms with Crippen LogP contribution in [0.1, 0.15) is 56.0 Å². The first kappa shape index (κ1) is 20.7. The van der Waals surface area contributed by atoms with Crippen molar-refractivity contribution < 1.29 is 4.79 Å². The van der Waals surface area contributed by atoms with Gasteiger partial charge in [-0.3, -0.25) is 4.79 Å². The summed E-state index contributed by atoms with van der Waals surface area (Å²) in [5.41, 5.74) is 2.02. The zero-order valence-electron chi connectivity index (χ0n) is 18.4. The average Bonchev–Trinajstić information content (AvgIpc) is 2.77. The minimum absolute atomic E-state index is 0.167. The van der Waals surface area contributed by atoms with E-state index in [2.05, 4.69) is 68.1 Å². The Morgan fingerprint density at radius 1 is 0.933 bits per heavy atom. The fourth-order valence-corrected chi connectivity index (χ4v) is 5.20. The number of hydrogen-bond acceptors (Lipinski definition) is 1. The Bertz CT molecular complexity index is 988. The molecular weight excluding hydrogens is 366 g/mol. The molecule has 3 aromatic rings. The molecule has 3 atom stereocenters. The van der Waals surface area contributed by atoms with Crippen molar-refractivity contribution in [3.63, 3.8) is 0 Å². The van der Waals surface area contributed by atoms with Gasteiger partial charge in [0.2, 0.25) is 0 Å². The summed E-state index contributed by atoms with van der Waals surface area (Å²) in [5, 5.41) is 2.17. The van der Waals surface area contributed by atoms with Crippen LogP contribution in [0.2, 0.25) is 0 Å². The summed E-state index contributed by atoms with van der Waals surface area (Å²) < 4.78 is 0. The highest BCUT2D eigenvalue weighted by molar-refractivity contribution is 6.07. The fraction of sp³-hybridized carbons (Fsp3) is 0.393. The van der Waals surface area contributed by atoms with Gasteiger partial charge in [0.15, 0.2) is 0 Å². The lowest BCUT2D eigenvalue weighted by Gasteiger charge is -2.44. The molecule has 3 aromatic carbocycles. The lowest BCUT2D eigenvalue weighted by atomic mass is 9.73. The van der Waals surface area contributed by atoms with Gasteiger partial charge >= 0.3 is 0 Å². The number of amides is 1. The van der Waals surface area contributed by atoms with E-state index >= 15 is 0 Å². The van der Waals surface area contributed by atoms with Gasteiger partial charge in [-0.25, -0.2) is 0 Å². The van der Waals surface area contributed by atoms with E-state index in [4.69, 9.17) is 0 Å². The molecule has 0 saturated heterocycles. The standard InChI is InChI=1S/C28H33NO/c1-20(2)24-17-16-21(3)18-27(24)29(19-22-10-5-4-6-11-22)28(30)26-15-9-13-23-12-7-8-14-25(23)26/h4-15,20-21,24,27H,16-19H2,1-3H3/t21-,24+,27-/m1/s1. The lowest BCUT2D eigenvalue weighted by molar-refractivity contribution is 0.0368. The quantitative estimate of drug-likeness (QED) is 0.455. The summed E-state index contributed by atoms with van der Waals surface area (Å²) in [7, 11) is 0. The van der Waals surface area contributed by atoms with Crippen LogP contribution < -0.4 is 0 Å². The normalized spacial score (nSPS) is 21.7. The highest BCUT2D eigenvalue weighted by Gasteiger charge is 2.37. The molecule has 0 aromatic heterocycles. The summed E-state index contributed by atoms with van der Waals surface area (Å²) in [6, 6.07) is 25.1. The van der Waals surface area contributed by atoms with Crippen molar-refractivity contribution >= 4 is 16.7 Å². The Morgan fingerprint density at radius 2 is 1.63 bits per heavy atom. The Morgan fingerprint density at radius 3 is 2.40 bits per heavy atom. The molecule has 1 saturated carbocycles. The van der Waals surface area contributed by atoms with Crippen LogP contribution in [0, 0.1) is 17.8 Å². The Hall–Kier alpha value is -2.61. The van der Waals surface area contributed by atoms with Crippen molar-refractivity contribution in [3.8, 4) is 0 Å². The maximum atomic E-state index is 14.1. The predicted molar refractivity (Wildman–Crippen MR) is 125 cm³/mol. The molecule has 2 nitrogen and oxygen atoms in total. The molecule has 1 aliphatic carbocycles. The number of carbonyl (C=O) groups is 1. The molecular formula is C28H33NO. The fourth-order valence-electron chi connectivity index (χ4n) is 5.20. The molecule has 30 heavy (non-hydrogen) atoms. The number of nitrogens with zero attached hydrogens (tertiary/aromatic N) is 1. The van der Waals surface area contributed by atoms with E-state index in [0.29, 0.717) is 24.3 Å². The molecule has 0 heterocycles. The molecule has 0 bridgehead atoms. The smallest absolute Gasteiger partial charge is 0.255 e. The van der Waals surface area contributed by atoms with Crippen molar-refractivity contribution in [2.24, 2.45) is 17.8 Å². The molecule has 4 rings (SSSR count). The number of carbonyl (C=O) groups excluding carboxylic acids is 1. The molecule has 0 aliphatic heterocycles. The Labute approximate surface area is 180 Å². The summed E-state index contributed by atoms with van der Waals surface area (Å²) in [4.78, 5) is 16.3. The van der Waals surface area contributed by atoms with E-state index in [0.717, 1.165) is 22.8 Å². The zero-order valence-corrected chi connectivity index (χ0v) is 18.4. The average molecular weight is 400 g/mol. The van der Waals surface area contributed by atoms with Crippen molar-refractivity contribution in [2.75, 3.05) is 0 Å². The van der Waals surface area contributed by atoms with Crippen LogP contribution in [-0.2, 0) is 6.54 Å². The van der Waals surface area contributed by atoms with E-state index in [-0.39, 0.29) is 11.9 Å². The second kappa shape index (κ2) is 9.04. The third-order valence-corrected chi connectivity index (χ3v) is 6.86. The second-order valence-corrected chi connectivity index (χ2v) is 9.34. The second-order valence-electron chi connectivity index (χ2n) is 9.34. The molecule has 0 N–H and O–H groups in total. The van der Waals surface area contributed by atoms with Crippen LogP contribution >= 0.6 is 0 Å². The van der Waals surface area contributed by atoms with Crippen LogP contribution in [0.5, 0.6) is 0 Å². The highest BCUT2D eigenvalue weighted by Crippen LogP contribution is 2.38. The topological polar surface area (TPSA) is 20.3 Å². The van der Waals surface area contributed by atoms with Crippen molar-refractivity contribution in [1.82, 2.24) is 4.90 Å². The highest BCUT2D eigenvalue weighted by atomic mass is 16.2. The molecule has 0 radical (unpaired) electrons. The van der Waals surface area contributed by atoms with Crippen molar-refractivity contribution in [1.29, 1.82) is 0 Å². The maximum Gasteiger partial charge on any atom is 0.255 e. The molecule has 1 aliphatic rings. The van der Waals surface area contributed by atoms with Gasteiger partial charge in [-0.15, -0.1) is 0 Å². The largest absolute Gasteiger partial charge is 0.331 e. The van der Waals surface area contributed by atoms with Crippen LogP contribution in [0.4, 0.5) is 0 Å². The lowest BCUT2D eigenvalue weighted by Crippen LogP contribution is -2.48. The molecule has 0 unspecified atom stereocenters. The van der Waals surface area contributed by atoms with E-state index < -0.39 is 0 Å². The van der Waals surface area contributed by atoms with Crippen LogP contribution in [0.3, 0.4) is 0 Å². The summed E-state index contributed by atoms with van der Waals surface area (Å²) in [6.45, 7) is 7.64. The summed E-state index contributed by atoms with van der Waals surface area (Å²) in [6.07, 6.45) is 3.56. The Kier molecular flexibility index (Phi) is 6.22. The zero-order chi connectivity index (χ0) is 21.1. The molecule has 156 valence electrons. The first-order chi connectivity index (χ1) is 14.5. The summed E-state index contributed by atoms with van der Waals surface area (Å²) >= 11 is 0. The van der Waals surface area contributed by atoms with E-state index in [1.807, 2.05) is 30.3 Å². The number of fused-ring (bicyclic) bond motifs is 1. The van der Waals surface area contributed by atoms with Gasteiger partial charge < -0.3 is 4.90 Å². The van der Waals surface area contributed by atoms with Gasteiger partial charge in [-0.2, -0.15) is 0 Å². The van der Waals surface area contributed by atoms with Crippen LogP contribution in [-0.4, -0.2) is 16.8 Å². The minimum Gasteiger partial charge on any atom is -0.331 e. The van der Waals surface area contributed by atoms with Crippen LogP contribution in [0.25, 0.3) is 10.8 Å². The van der Waals surface area contributed by atoms with Crippen molar-refractivity contribution in [2.45, 2.75) is 52.6 Å². The summed E-state index contributed by atoms with van der Waals surface area (Å²) in [5.74, 6) is 1.94. The van der Waals surface area contributed by atoms with E-state index in [9.17, 15) is 4.79 Å². The van der Waals surface area contributed by atoms with Gasteiger partial charge in [-0.05, 0) is 53.0 Å². The van der Waals surface area contributed by atoms with Gasteiger partial charge in [0, 0.05) is 18.2 Å². The van der Waals surface area contributed by atoms with Gasteiger partial charge in [0.05, 0.1) is 0 Å². The SMILES string of the molecule is CC(C)[C@@H]1CC[C@@H](C)C[C@H]1N(Cc1ccccc1)C(=O)c1cccc2ccccc12. The van der Waals surface area contributed by atoms with Gasteiger partial charge in [-0.1, -0.05) is 93.9 Å². The predicted octanol–water partition coefficient (Wildman–Crippen LogP) is 6.94. The van der Waals surface area contributed by atoms with Crippen LogP contribution in [0.15, 0.2) is 72.8 Å². The third kappa shape index (κ3) is 4.28. The first-order valence-corrected chi connectivity index (χ1v) is 11.4. The molecule has 0 spiro atoms. The van der Waals surface area contributed by atoms with E-state index in [1.165, 1.54) is 18.4 Å². The van der Waals surface area contributed by atoms with E-state index in [1.54, 1.807) is 0 Å². The minimum atomic E-state index is 0.167. The first-order valence-electron chi connectivity index (χ1n) is 11.4. The van der Waals surface area contributed by atoms with Gasteiger partial charge in [0.1, 0.15) is 0 Å². The Balaban J connectivity index is 1.77. The third-order valence-electron chi connectivity index (χ3n) is 6.86. The number of benzene rings is 3. The monoisotopic (exact) mass is 399 g/mol. The van der Waals surface area contributed by atoms with Crippen molar-refractivity contribution in [3.05, 3.63) is 83.9 Å². The molecule has 1 fully saturated rings. The molecule has 1 amide bonds. The number of rotatable bonds is 5. The maximum absolute atomic E-state index is 14.1. The van der Waals surface area contributed by atoms with Gasteiger partial charge in [0.25, 0.3) is 5.91 Å².